The Hall–Kier alpha value is -1.31. The molecule has 1 aliphatic rings. The van der Waals surface area contributed by atoms with E-state index in [1.807, 2.05) is 0 Å². The third kappa shape index (κ3) is 4.91. The number of nitrogens with zero attached hydrogens (tertiary/aromatic N) is 1. The maximum absolute atomic E-state index is 11.9. The fourth-order valence-corrected chi connectivity index (χ4v) is 1.77. The van der Waals surface area contributed by atoms with Gasteiger partial charge in [0.05, 0.1) is 13.1 Å². The van der Waals surface area contributed by atoms with Gasteiger partial charge in [0.1, 0.15) is 0 Å². The van der Waals surface area contributed by atoms with E-state index in [1.54, 1.807) is 6.92 Å². The third-order valence-electron chi connectivity index (χ3n) is 2.61. The van der Waals surface area contributed by atoms with Gasteiger partial charge in [-0.15, -0.1) is 0 Å². The van der Waals surface area contributed by atoms with Crippen LogP contribution in [0.25, 0.3) is 0 Å². The lowest BCUT2D eigenvalue weighted by molar-refractivity contribution is -0.135. The second kappa shape index (κ2) is 6.03. The number of hydrogen-bond donors (Lipinski definition) is 2. The Morgan fingerprint density at radius 2 is 2.22 bits per heavy atom. The van der Waals surface area contributed by atoms with Crippen LogP contribution in [0.1, 0.15) is 13.3 Å². The van der Waals surface area contributed by atoms with E-state index in [0.29, 0.717) is 13.1 Å². The van der Waals surface area contributed by atoms with E-state index in [9.17, 15) is 22.8 Å². The maximum Gasteiger partial charge on any atom is 0.401 e. The molecule has 0 radical (unpaired) electrons. The van der Waals surface area contributed by atoms with Gasteiger partial charge in [-0.2, -0.15) is 13.2 Å². The van der Waals surface area contributed by atoms with Gasteiger partial charge >= 0.3 is 6.18 Å². The van der Waals surface area contributed by atoms with Gasteiger partial charge in [0.2, 0.25) is 11.8 Å². The van der Waals surface area contributed by atoms with E-state index in [2.05, 4.69) is 10.6 Å². The molecule has 2 amide bonds. The molecule has 1 fully saturated rings. The molecule has 1 aliphatic heterocycles. The highest BCUT2D eigenvalue weighted by Gasteiger charge is 2.28. The van der Waals surface area contributed by atoms with Gasteiger partial charge in [0.25, 0.3) is 0 Å². The quantitative estimate of drug-likeness (QED) is 0.749. The number of hydrogen-bond acceptors (Lipinski definition) is 3. The van der Waals surface area contributed by atoms with Crippen molar-refractivity contribution in [1.82, 2.24) is 15.5 Å². The Morgan fingerprint density at radius 3 is 2.83 bits per heavy atom. The van der Waals surface area contributed by atoms with Gasteiger partial charge < -0.3 is 15.5 Å². The van der Waals surface area contributed by atoms with Crippen LogP contribution in [0.2, 0.25) is 0 Å². The standard InChI is InChI=1S/C10H16F3N3O2/c1-7-4-8(17)15-2-3-16(7)9(18)5-14-6-10(11,12)13/h7,14H,2-6H2,1H3,(H,15,17). The molecule has 0 bridgehead atoms. The summed E-state index contributed by atoms with van der Waals surface area (Å²) in [7, 11) is 0. The molecule has 104 valence electrons. The average Bonchev–Trinajstić information content (AvgIpc) is 2.37. The molecule has 8 heteroatoms. The lowest BCUT2D eigenvalue weighted by atomic mass is 10.2. The molecule has 1 unspecified atom stereocenters. The van der Waals surface area contributed by atoms with Crippen molar-refractivity contribution in [3.8, 4) is 0 Å². The minimum absolute atomic E-state index is 0.152. The monoisotopic (exact) mass is 267 g/mol. The summed E-state index contributed by atoms with van der Waals surface area (Å²) in [6, 6.07) is -0.298. The predicted octanol–water partition coefficient (Wildman–Crippen LogP) is -0.125. The van der Waals surface area contributed by atoms with Crippen molar-refractivity contribution in [2.24, 2.45) is 0 Å². The van der Waals surface area contributed by atoms with Gasteiger partial charge in [-0.25, -0.2) is 0 Å². The highest BCUT2D eigenvalue weighted by atomic mass is 19.4. The molecule has 1 saturated heterocycles. The zero-order valence-electron chi connectivity index (χ0n) is 10.0. The number of alkyl halides is 3. The molecule has 18 heavy (non-hydrogen) atoms. The molecular weight excluding hydrogens is 251 g/mol. The van der Waals surface area contributed by atoms with Crippen molar-refractivity contribution in [3.63, 3.8) is 0 Å². The van der Waals surface area contributed by atoms with E-state index in [0.717, 1.165) is 0 Å². The van der Waals surface area contributed by atoms with Gasteiger partial charge in [-0.3, -0.25) is 9.59 Å². The van der Waals surface area contributed by atoms with Crippen LogP contribution in [0.15, 0.2) is 0 Å². The van der Waals surface area contributed by atoms with E-state index >= 15 is 0 Å². The molecule has 0 aromatic rings. The molecule has 5 nitrogen and oxygen atoms in total. The Morgan fingerprint density at radius 1 is 1.56 bits per heavy atom. The Balaban J connectivity index is 2.42. The molecule has 0 spiro atoms. The predicted molar refractivity (Wildman–Crippen MR) is 57.7 cm³/mol. The lowest BCUT2D eigenvalue weighted by Crippen LogP contribution is -2.45. The molecular formula is C10H16F3N3O2. The normalized spacial score (nSPS) is 21.4. The minimum atomic E-state index is -4.33. The summed E-state index contributed by atoms with van der Waals surface area (Å²) in [4.78, 5) is 24.3. The van der Waals surface area contributed by atoms with Crippen LogP contribution in [0.3, 0.4) is 0 Å². The summed E-state index contributed by atoms with van der Waals surface area (Å²) < 4.78 is 35.7. The first-order valence-corrected chi connectivity index (χ1v) is 5.63. The highest BCUT2D eigenvalue weighted by molar-refractivity contribution is 5.81. The van der Waals surface area contributed by atoms with E-state index in [-0.39, 0.29) is 24.9 Å². The molecule has 0 saturated carbocycles. The first kappa shape index (κ1) is 14.7. The third-order valence-corrected chi connectivity index (χ3v) is 2.61. The van der Waals surface area contributed by atoms with Crippen LogP contribution in [0, 0.1) is 0 Å². The second-order valence-corrected chi connectivity index (χ2v) is 4.21. The van der Waals surface area contributed by atoms with Crippen molar-refractivity contribution in [2.75, 3.05) is 26.2 Å². The van der Waals surface area contributed by atoms with E-state index in [4.69, 9.17) is 0 Å². The molecule has 0 aromatic carbocycles. The number of rotatable bonds is 3. The van der Waals surface area contributed by atoms with Crippen molar-refractivity contribution in [1.29, 1.82) is 0 Å². The van der Waals surface area contributed by atoms with Gasteiger partial charge in [0.15, 0.2) is 0 Å². The fraction of sp³-hybridized carbons (Fsp3) is 0.800. The summed E-state index contributed by atoms with van der Waals surface area (Å²) in [5, 5.41) is 4.66. The molecule has 1 heterocycles. The number of halogens is 3. The first-order chi connectivity index (χ1) is 8.29. The highest BCUT2D eigenvalue weighted by Crippen LogP contribution is 2.12. The molecule has 1 rings (SSSR count). The fourth-order valence-electron chi connectivity index (χ4n) is 1.77. The average molecular weight is 267 g/mol. The van der Waals surface area contributed by atoms with Crippen LogP contribution in [0.4, 0.5) is 13.2 Å². The number of nitrogens with one attached hydrogen (secondary N) is 2. The minimum Gasteiger partial charge on any atom is -0.354 e. The number of amides is 2. The Bertz CT molecular complexity index is 320. The molecule has 0 aromatic heterocycles. The number of carbonyl (C=O) groups is 2. The largest absolute Gasteiger partial charge is 0.401 e. The topological polar surface area (TPSA) is 61.4 Å². The van der Waals surface area contributed by atoms with Crippen LogP contribution in [-0.4, -0.2) is 55.1 Å². The molecule has 1 atom stereocenters. The summed E-state index contributed by atoms with van der Waals surface area (Å²) in [5.41, 5.74) is 0. The SMILES string of the molecule is CC1CC(=O)NCCN1C(=O)CNCC(F)(F)F. The Kier molecular flexibility index (Phi) is 4.94. The van der Waals surface area contributed by atoms with Gasteiger partial charge in [0, 0.05) is 25.6 Å². The van der Waals surface area contributed by atoms with Crippen molar-refractivity contribution in [3.05, 3.63) is 0 Å². The van der Waals surface area contributed by atoms with Crippen molar-refractivity contribution in [2.45, 2.75) is 25.6 Å². The summed E-state index contributed by atoms with van der Waals surface area (Å²) in [6.07, 6.45) is -4.16. The summed E-state index contributed by atoms with van der Waals surface area (Å²) >= 11 is 0. The second-order valence-electron chi connectivity index (χ2n) is 4.21. The lowest BCUT2D eigenvalue weighted by Gasteiger charge is -2.26. The van der Waals surface area contributed by atoms with Gasteiger partial charge in [-0.1, -0.05) is 0 Å². The molecule has 2 N–H and O–H groups in total. The van der Waals surface area contributed by atoms with E-state index < -0.39 is 18.6 Å². The molecule has 0 aliphatic carbocycles. The van der Waals surface area contributed by atoms with Crippen LogP contribution in [0.5, 0.6) is 0 Å². The Labute approximate surface area is 103 Å². The van der Waals surface area contributed by atoms with Crippen molar-refractivity contribution >= 4 is 11.8 Å². The van der Waals surface area contributed by atoms with E-state index in [1.165, 1.54) is 4.90 Å². The maximum atomic E-state index is 11.9. The van der Waals surface area contributed by atoms with Crippen LogP contribution < -0.4 is 10.6 Å². The summed E-state index contributed by atoms with van der Waals surface area (Å²) in [5.74, 6) is -0.579. The number of carbonyl (C=O) groups excluding carboxylic acids is 2. The summed E-state index contributed by atoms with van der Waals surface area (Å²) in [6.45, 7) is 0.774. The first-order valence-electron chi connectivity index (χ1n) is 5.63. The van der Waals surface area contributed by atoms with Crippen molar-refractivity contribution < 1.29 is 22.8 Å². The van der Waals surface area contributed by atoms with Crippen LogP contribution in [-0.2, 0) is 9.59 Å². The smallest absolute Gasteiger partial charge is 0.354 e. The zero-order valence-corrected chi connectivity index (χ0v) is 10.0. The zero-order chi connectivity index (χ0) is 13.8. The van der Waals surface area contributed by atoms with Gasteiger partial charge in [-0.05, 0) is 6.92 Å². The van der Waals surface area contributed by atoms with Crippen LogP contribution >= 0.6 is 0 Å².